The van der Waals surface area contributed by atoms with Crippen molar-refractivity contribution in [1.29, 1.82) is 0 Å². The summed E-state index contributed by atoms with van der Waals surface area (Å²) in [6.45, 7) is 7.26. The molecule has 3 heteroatoms. The highest BCUT2D eigenvalue weighted by Gasteiger charge is 2.36. The van der Waals surface area contributed by atoms with Crippen LogP contribution in [0.5, 0.6) is 0 Å². The molecule has 1 aliphatic heterocycles. The molecule has 1 aromatic carbocycles. The van der Waals surface area contributed by atoms with Crippen molar-refractivity contribution in [2.24, 2.45) is 0 Å². The van der Waals surface area contributed by atoms with Crippen LogP contribution in [0.4, 0.5) is 0 Å². The molecule has 0 unspecified atom stereocenters. The summed E-state index contributed by atoms with van der Waals surface area (Å²) in [6, 6.07) is 5.86. The molecule has 0 aliphatic carbocycles. The lowest BCUT2D eigenvalue weighted by molar-refractivity contribution is -0.114. The number of nitrogens with zero attached hydrogens (tertiary/aromatic N) is 1. The molecule has 1 aromatic rings. The predicted octanol–water partition coefficient (Wildman–Crippen LogP) is 3.20. The Hall–Kier alpha value is -0.860. The van der Waals surface area contributed by atoms with Crippen LogP contribution in [0.2, 0.25) is 5.02 Å². The van der Waals surface area contributed by atoms with Gasteiger partial charge >= 0.3 is 0 Å². The Morgan fingerprint density at radius 1 is 1.39 bits per heavy atom. The summed E-state index contributed by atoms with van der Waals surface area (Å²) in [6.07, 6.45) is 2.93. The van der Waals surface area contributed by atoms with E-state index in [1.807, 2.05) is 18.2 Å². The molecule has 0 bridgehead atoms. The lowest BCUT2D eigenvalue weighted by Crippen LogP contribution is -2.43. The van der Waals surface area contributed by atoms with E-state index in [4.69, 9.17) is 11.6 Å². The van der Waals surface area contributed by atoms with Crippen molar-refractivity contribution in [2.45, 2.75) is 32.1 Å². The largest absolute Gasteiger partial charge is 0.304 e. The number of hydrogen-bond acceptors (Lipinski definition) is 2. The van der Waals surface area contributed by atoms with Gasteiger partial charge in [0.2, 0.25) is 0 Å². The first-order valence-corrected chi connectivity index (χ1v) is 6.94. The molecular weight excluding hydrogens is 246 g/mol. The number of aryl methyl sites for hydroxylation is 1. The van der Waals surface area contributed by atoms with Crippen LogP contribution >= 0.6 is 11.6 Å². The van der Waals surface area contributed by atoms with Gasteiger partial charge in [0.15, 0.2) is 0 Å². The van der Waals surface area contributed by atoms with Crippen molar-refractivity contribution in [1.82, 2.24) is 4.90 Å². The number of halogens is 1. The molecule has 0 atom stereocenters. The Morgan fingerprint density at radius 3 is 2.61 bits per heavy atom. The fourth-order valence-corrected chi connectivity index (χ4v) is 3.02. The fourth-order valence-electron chi connectivity index (χ4n) is 2.85. The number of likely N-dealkylation sites (tertiary alicyclic amines) is 1. The molecule has 0 aromatic heterocycles. The van der Waals surface area contributed by atoms with Gasteiger partial charge < -0.3 is 9.69 Å². The summed E-state index contributed by atoms with van der Waals surface area (Å²) < 4.78 is 0. The van der Waals surface area contributed by atoms with Crippen LogP contribution in [-0.2, 0) is 10.2 Å². The van der Waals surface area contributed by atoms with Crippen LogP contribution in [0.3, 0.4) is 0 Å². The van der Waals surface area contributed by atoms with Crippen LogP contribution in [-0.4, -0.2) is 30.8 Å². The number of benzene rings is 1. The summed E-state index contributed by atoms with van der Waals surface area (Å²) >= 11 is 6.08. The highest BCUT2D eigenvalue weighted by Crippen LogP contribution is 2.36. The molecular formula is C15H20ClNO. The van der Waals surface area contributed by atoms with Gasteiger partial charge in [0, 0.05) is 5.02 Å². The van der Waals surface area contributed by atoms with Gasteiger partial charge in [-0.05, 0) is 62.7 Å². The quantitative estimate of drug-likeness (QED) is 0.783. The molecule has 2 rings (SSSR count). The Balaban J connectivity index is 2.33. The van der Waals surface area contributed by atoms with Crippen LogP contribution in [0.25, 0.3) is 0 Å². The molecule has 0 radical (unpaired) electrons. The molecule has 1 aliphatic rings. The highest BCUT2D eigenvalue weighted by atomic mass is 35.5. The second-order valence-corrected chi connectivity index (χ2v) is 5.60. The molecule has 2 nitrogen and oxygen atoms in total. The smallest absolute Gasteiger partial charge is 0.130 e. The monoisotopic (exact) mass is 265 g/mol. The molecule has 1 heterocycles. The van der Waals surface area contributed by atoms with Gasteiger partial charge in [-0.3, -0.25) is 0 Å². The third-order valence-electron chi connectivity index (χ3n) is 4.16. The maximum absolute atomic E-state index is 11.7. The van der Waals surface area contributed by atoms with E-state index in [0.29, 0.717) is 0 Å². The third kappa shape index (κ3) is 2.45. The highest BCUT2D eigenvalue weighted by molar-refractivity contribution is 6.30. The second kappa shape index (κ2) is 5.41. The Labute approximate surface area is 114 Å². The zero-order valence-corrected chi connectivity index (χ0v) is 11.8. The van der Waals surface area contributed by atoms with Gasteiger partial charge in [-0.1, -0.05) is 24.6 Å². The third-order valence-corrected chi connectivity index (χ3v) is 4.39. The molecule has 1 saturated heterocycles. The van der Waals surface area contributed by atoms with Crippen LogP contribution in [0.15, 0.2) is 18.2 Å². The summed E-state index contributed by atoms with van der Waals surface area (Å²) in [4.78, 5) is 14.1. The molecule has 18 heavy (non-hydrogen) atoms. The van der Waals surface area contributed by atoms with Crippen molar-refractivity contribution >= 4 is 17.9 Å². The van der Waals surface area contributed by atoms with Crippen molar-refractivity contribution in [2.75, 3.05) is 19.6 Å². The van der Waals surface area contributed by atoms with E-state index in [1.54, 1.807) is 0 Å². The first-order valence-electron chi connectivity index (χ1n) is 6.56. The minimum atomic E-state index is -0.333. The topological polar surface area (TPSA) is 20.3 Å². The SMILES string of the molecule is CCN1CCC(C=O)(c2cc(Cl)ccc2C)CC1. The first kappa shape index (κ1) is 13.6. The molecule has 0 N–H and O–H groups in total. The minimum Gasteiger partial charge on any atom is -0.304 e. The Morgan fingerprint density at radius 2 is 2.06 bits per heavy atom. The number of rotatable bonds is 3. The van der Waals surface area contributed by atoms with E-state index in [-0.39, 0.29) is 5.41 Å². The minimum absolute atomic E-state index is 0.333. The number of piperidine rings is 1. The van der Waals surface area contributed by atoms with Crippen molar-refractivity contribution in [3.63, 3.8) is 0 Å². The second-order valence-electron chi connectivity index (χ2n) is 5.17. The van der Waals surface area contributed by atoms with Crippen LogP contribution in [0, 0.1) is 6.92 Å². The normalized spacial score (nSPS) is 19.7. The molecule has 98 valence electrons. The standard InChI is InChI=1S/C15H20ClNO/c1-3-17-8-6-15(11-18,7-9-17)14-10-13(16)5-4-12(14)2/h4-5,10-11H,3,6-9H2,1-2H3. The average molecular weight is 266 g/mol. The lowest BCUT2D eigenvalue weighted by atomic mass is 9.72. The van der Waals surface area contributed by atoms with E-state index in [0.717, 1.165) is 54.9 Å². The Bertz CT molecular complexity index is 436. The maximum Gasteiger partial charge on any atom is 0.130 e. The molecule has 1 fully saturated rings. The predicted molar refractivity (Wildman–Crippen MR) is 75.3 cm³/mol. The van der Waals surface area contributed by atoms with E-state index >= 15 is 0 Å². The summed E-state index contributed by atoms with van der Waals surface area (Å²) in [7, 11) is 0. The zero-order valence-electron chi connectivity index (χ0n) is 11.1. The fraction of sp³-hybridized carbons (Fsp3) is 0.533. The molecule has 0 spiro atoms. The summed E-state index contributed by atoms with van der Waals surface area (Å²) in [5.74, 6) is 0. The molecule has 0 saturated carbocycles. The first-order chi connectivity index (χ1) is 8.61. The van der Waals surface area contributed by atoms with Gasteiger partial charge in [0.25, 0.3) is 0 Å². The summed E-state index contributed by atoms with van der Waals surface area (Å²) in [5, 5.41) is 0.717. The van der Waals surface area contributed by atoms with Gasteiger partial charge in [-0.2, -0.15) is 0 Å². The van der Waals surface area contributed by atoms with E-state index in [9.17, 15) is 4.79 Å². The number of carbonyl (C=O) groups excluding carboxylic acids is 1. The van der Waals surface area contributed by atoms with Crippen molar-refractivity contribution < 1.29 is 4.79 Å². The van der Waals surface area contributed by atoms with Crippen molar-refractivity contribution in [3.05, 3.63) is 34.3 Å². The Kier molecular flexibility index (Phi) is 4.08. The van der Waals surface area contributed by atoms with Crippen LogP contribution < -0.4 is 0 Å². The van der Waals surface area contributed by atoms with Gasteiger partial charge in [0.1, 0.15) is 6.29 Å². The molecule has 0 amide bonds. The zero-order chi connectivity index (χ0) is 13.2. The maximum atomic E-state index is 11.7. The number of carbonyl (C=O) groups is 1. The van der Waals surface area contributed by atoms with E-state index in [1.165, 1.54) is 0 Å². The average Bonchev–Trinajstić information content (AvgIpc) is 2.41. The van der Waals surface area contributed by atoms with E-state index < -0.39 is 0 Å². The van der Waals surface area contributed by atoms with Crippen LogP contribution in [0.1, 0.15) is 30.9 Å². The summed E-state index contributed by atoms with van der Waals surface area (Å²) in [5.41, 5.74) is 1.94. The van der Waals surface area contributed by atoms with E-state index in [2.05, 4.69) is 18.7 Å². The van der Waals surface area contributed by atoms with Crippen molar-refractivity contribution in [3.8, 4) is 0 Å². The van der Waals surface area contributed by atoms with Gasteiger partial charge in [0.05, 0.1) is 5.41 Å². The van der Waals surface area contributed by atoms with Gasteiger partial charge in [-0.15, -0.1) is 0 Å². The number of aldehydes is 1. The number of hydrogen-bond donors (Lipinski definition) is 0. The van der Waals surface area contributed by atoms with Gasteiger partial charge in [-0.25, -0.2) is 0 Å². The lowest BCUT2D eigenvalue weighted by Gasteiger charge is -2.39.